The largest absolute Gasteiger partial charge is 0.465 e. The van der Waals surface area contributed by atoms with Gasteiger partial charge in [0.15, 0.2) is 0 Å². The third kappa shape index (κ3) is 2.72. The average molecular weight is 299 g/mol. The fraction of sp³-hybridized carbons (Fsp3) is 0.0714. The highest BCUT2D eigenvalue weighted by atomic mass is 35.5. The van der Waals surface area contributed by atoms with E-state index in [1.54, 1.807) is 18.2 Å². The van der Waals surface area contributed by atoms with Crippen LogP contribution in [-0.4, -0.2) is 13.1 Å². The zero-order chi connectivity index (χ0) is 14.0. The van der Waals surface area contributed by atoms with Gasteiger partial charge in [-0.25, -0.2) is 9.18 Å². The molecule has 0 aromatic heterocycles. The van der Waals surface area contributed by atoms with Crippen LogP contribution >= 0.6 is 23.2 Å². The van der Waals surface area contributed by atoms with Gasteiger partial charge in [0.1, 0.15) is 5.82 Å². The quantitative estimate of drug-likeness (QED) is 0.758. The molecule has 0 heterocycles. The maximum absolute atomic E-state index is 13.9. The molecule has 0 fully saturated rings. The van der Waals surface area contributed by atoms with E-state index in [2.05, 4.69) is 4.74 Å². The Labute approximate surface area is 119 Å². The minimum Gasteiger partial charge on any atom is -0.465 e. The van der Waals surface area contributed by atoms with Crippen LogP contribution in [0.4, 0.5) is 4.39 Å². The van der Waals surface area contributed by atoms with E-state index in [1.807, 2.05) is 0 Å². The van der Waals surface area contributed by atoms with Crippen LogP contribution in [-0.2, 0) is 4.74 Å². The first kappa shape index (κ1) is 13.8. The van der Waals surface area contributed by atoms with E-state index >= 15 is 0 Å². The Morgan fingerprint density at radius 1 is 1.16 bits per heavy atom. The van der Waals surface area contributed by atoms with Crippen LogP contribution in [0, 0.1) is 5.82 Å². The maximum atomic E-state index is 13.9. The van der Waals surface area contributed by atoms with Gasteiger partial charge in [0.25, 0.3) is 0 Å². The fourth-order valence-corrected chi connectivity index (χ4v) is 2.32. The second-order valence-electron chi connectivity index (χ2n) is 3.78. The number of benzene rings is 2. The van der Waals surface area contributed by atoms with Gasteiger partial charge in [-0.3, -0.25) is 0 Å². The lowest BCUT2D eigenvalue weighted by atomic mass is 10.0. The Kier molecular flexibility index (Phi) is 4.08. The first-order chi connectivity index (χ1) is 9.04. The maximum Gasteiger partial charge on any atom is 0.337 e. The topological polar surface area (TPSA) is 26.3 Å². The van der Waals surface area contributed by atoms with Crippen molar-refractivity contribution in [2.24, 2.45) is 0 Å². The van der Waals surface area contributed by atoms with E-state index < -0.39 is 11.8 Å². The molecule has 2 rings (SSSR count). The number of carbonyl (C=O) groups is 1. The summed E-state index contributed by atoms with van der Waals surface area (Å²) in [6, 6.07) is 8.77. The van der Waals surface area contributed by atoms with Crippen LogP contribution in [0.15, 0.2) is 36.4 Å². The number of methoxy groups -OCH3 is 1. The lowest BCUT2D eigenvalue weighted by Gasteiger charge is -2.09. The minimum absolute atomic E-state index is 0.165. The van der Waals surface area contributed by atoms with Gasteiger partial charge < -0.3 is 4.74 Å². The summed E-state index contributed by atoms with van der Waals surface area (Å²) in [6.07, 6.45) is 0. The fourth-order valence-electron chi connectivity index (χ4n) is 1.72. The molecule has 0 aliphatic heterocycles. The molecule has 2 aromatic rings. The predicted molar refractivity (Wildman–Crippen MR) is 73.2 cm³/mol. The molecule has 0 aliphatic rings. The molecule has 0 unspecified atom stereocenters. The van der Waals surface area contributed by atoms with E-state index in [4.69, 9.17) is 23.2 Å². The number of hydrogen-bond acceptors (Lipinski definition) is 2. The van der Waals surface area contributed by atoms with E-state index in [9.17, 15) is 9.18 Å². The second kappa shape index (κ2) is 5.59. The molecule has 0 amide bonds. The van der Waals surface area contributed by atoms with Crippen molar-refractivity contribution in [1.82, 2.24) is 0 Å². The number of esters is 1. The molecule has 0 aliphatic carbocycles. The number of halogens is 3. The highest BCUT2D eigenvalue weighted by molar-refractivity contribution is 6.39. The summed E-state index contributed by atoms with van der Waals surface area (Å²) in [5.74, 6) is -1.06. The van der Waals surface area contributed by atoms with Crippen LogP contribution in [0.1, 0.15) is 10.4 Å². The van der Waals surface area contributed by atoms with Gasteiger partial charge in [0.2, 0.25) is 0 Å². The molecule has 0 saturated heterocycles. The Morgan fingerprint density at radius 3 is 2.37 bits per heavy atom. The summed E-state index contributed by atoms with van der Waals surface area (Å²) in [4.78, 5) is 11.5. The van der Waals surface area contributed by atoms with Gasteiger partial charge in [-0.05, 0) is 30.3 Å². The Hall–Kier alpha value is -1.58. The normalized spacial score (nSPS) is 10.3. The molecule has 2 nitrogen and oxygen atoms in total. The number of carbonyl (C=O) groups excluding carboxylic acids is 1. The summed E-state index contributed by atoms with van der Waals surface area (Å²) >= 11 is 12.1. The Balaban J connectivity index is 2.65. The number of hydrogen-bond donors (Lipinski definition) is 0. The number of rotatable bonds is 2. The SMILES string of the molecule is COC(=O)c1ccc(F)c(-c2c(Cl)cccc2Cl)c1. The van der Waals surface area contributed by atoms with Crippen molar-refractivity contribution in [3.05, 3.63) is 57.8 Å². The molecule has 19 heavy (non-hydrogen) atoms. The van der Waals surface area contributed by atoms with Crippen LogP contribution in [0.3, 0.4) is 0 Å². The average Bonchev–Trinajstić information content (AvgIpc) is 2.39. The van der Waals surface area contributed by atoms with Gasteiger partial charge in [-0.15, -0.1) is 0 Å². The van der Waals surface area contributed by atoms with Crippen LogP contribution < -0.4 is 0 Å². The van der Waals surface area contributed by atoms with Crippen molar-refractivity contribution in [3.63, 3.8) is 0 Å². The molecular weight excluding hydrogens is 290 g/mol. The summed E-state index contributed by atoms with van der Waals surface area (Å²) in [5, 5.41) is 0.627. The third-order valence-corrected chi connectivity index (χ3v) is 3.25. The molecule has 0 spiro atoms. The predicted octanol–water partition coefficient (Wildman–Crippen LogP) is 4.59. The molecule has 0 saturated carbocycles. The monoisotopic (exact) mass is 298 g/mol. The van der Waals surface area contributed by atoms with Crippen molar-refractivity contribution >= 4 is 29.2 Å². The van der Waals surface area contributed by atoms with Crippen molar-refractivity contribution in [3.8, 4) is 11.1 Å². The Morgan fingerprint density at radius 2 is 1.79 bits per heavy atom. The zero-order valence-corrected chi connectivity index (χ0v) is 11.4. The molecule has 2 aromatic carbocycles. The van der Waals surface area contributed by atoms with Gasteiger partial charge in [-0.2, -0.15) is 0 Å². The lowest BCUT2D eigenvalue weighted by Crippen LogP contribution is -2.02. The van der Waals surface area contributed by atoms with Crippen molar-refractivity contribution in [2.45, 2.75) is 0 Å². The van der Waals surface area contributed by atoms with Crippen LogP contribution in [0.2, 0.25) is 10.0 Å². The molecule has 0 atom stereocenters. The third-order valence-electron chi connectivity index (χ3n) is 2.62. The van der Waals surface area contributed by atoms with Crippen LogP contribution in [0.5, 0.6) is 0 Å². The van der Waals surface area contributed by atoms with Crippen LogP contribution in [0.25, 0.3) is 11.1 Å². The van der Waals surface area contributed by atoms with E-state index in [0.717, 1.165) is 0 Å². The molecule has 5 heteroatoms. The summed E-state index contributed by atoms with van der Waals surface area (Å²) < 4.78 is 18.5. The standard InChI is InChI=1S/C14H9Cl2FO2/c1-19-14(18)8-5-6-12(17)9(7-8)13-10(15)3-2-4-11(13)16/h2-7H,1H3. The van der Waals surface area contributed by atoms with Gasteiger partial charge in [-0.1, -0.05) is 29.3 Å². The number of ether oxygens (including phenoxy) is 1. The van der Waals surface area contributed by atoms with Gasteiger partial charge >= 0.3 is 5.97 Å². The molecule has 0 radical (unpaired) electrons. The summed E-state index contributed by atoms with van der Waals surface area (Å²) in [6.45, 7) is 0. The minimum atomic E-state index is -0.551. The van der Waals surface area contributed by atoms with Gasteiger partial charge in [0.05, 0.1) is 12.7 Å². The first-order valence-corrected chi connectivity index (χ1v) is 6.12. The Bertz CT molecular complexity index is 621. The van der Waals surface area contributed by atoms with E-state index in [1.165, 1.54) is 25.3 Å². The molecule has 0 N–H and O–H groups in total. The summed E-state index contributed by atoms with van der Waals surface area (Å²) in [5.41, 5.74) is 0.752. The molecular formula is C14H9Cl2FO2. The van der Waals surface area contributed by atoms with E-state index in [-0.39, 0.29) is 11.1 Å². The molecule has 0 bridgehead atoms. The second-order valence-corrected chi connectivity index (χ2v) is 4.60. The highest BCUT2D eigenvalue weighted by Gasteiger charge is 2.15. The van der Waals surface area contributed by atoms with Crippen molar-refractivity contribution < 1.29 is 13.9 Å². The van der Waals surface area contributed by atoms with E-state index in [0.29, 0.717) is 15.6 Å². The first-order valence-electron chi connectivity index (χ1n) is 5.37. The zero-order valence-electron chi connectivity index (χ0n) is 9.91. The molecule has 98 valence electrons. The van der Waals surface area contributed by atoms with Gasteiger partial charge in [0, 0.05) is 21.2 Å². The highest BCUT2D eigenvalue weighted by Crippen LogP contribution is 2.36. The lowest BCUT2D eigenvalue weighted by molar-refractivity contribution is 0.0600. The smallest absolute Gasteiger partial charge is 0.337 e. The van der Waals surface area contributed by atoms with Crippen molar-refractivity contribution in [2.75, 3.05) is 7.11 Å². The summed E-state index contributed by atoms with van der Waals surface area (Å²) in [7, 11) is 1.26. The van der Waals surface area contributed by atoms with Crippen molar-refractivity contribution in [1.29, 1.82) is 0 Å².